The number of halogens is 1. The predicted molar refractivity (Wildman–Crippen MR) is 225 cm³/mol. The smallest absolute Gasteiger partial charge is 0.330 e. The van der Waals surface area contributed by atoms with Crippen LogP contribution in [0.3, 0.4) is 0 Å². The Morgan fingerprint density at radius 2 is 1.13 bits per heavy atom. The number of aromatic nitrogens is 4. The number of benzene rings is 4. The first kappa shape index (κ1) is 40.5. The van der Waals surface area contributed by atoms with E-state index in [-0.39, 0.29) is 24.6 Å². The fourth-order valence-corrected chi connectivity index (χ4v) is 7.59. The van der Waals surface area contributed by atoms with Gasteiger partial charge in [0.1, 0.15) is 30.4 Å². The molecule has 61 heavy (non-hydrogen) atoms. The van der Waals surface area contributed by atoms with Crippen molar-refractivity contribution in [3.63, 3.8) is 0 Å². The number of nitrogens with zero attached hydrogens (tertiary/aromatic N) is 9. The second kappa shape index (κ2) is 18.3. The molecule has 0 bridgehead atoms. The normalized spacial score (nSPS) is 15.5. The van der Waals surface area contributed by atoms with Gasteiger partial charge in [0.2, 0.25) is 0 Å². The zero-order chi connectivity index (χ0) is 42.3. The van der Waals surface area contributed by atoms with Crippen LogP contribution in [0.1, 0.15) is 39.9 Å². The Bertz CT molecular complexity index is 2650. The van der Waals surface area contributed by atoms with Crippen LogP contribution in [0.2, 0.25) is 0 Å². The van der Waals surface area contributed by atoms with Gasteiger partial charge in [0.15, 0.2) is 23.5 Å². The third kappa shape index (κ3) is 9.31. The number of anilines is 3. The van der Waals surface area contributed by atoms with Crippen molar-refractivity contribution in [3.8, 4) is 12.1 Å². The number of nitrogen functional groups attached to an aromatic ring is 1. The van der Waals surface area contributed by atoms with Crippen molar-refractivity contribution in [1.82, 2.24) is 30.2 Å². The van der Waals surface area contributed by atoms with Crippen molar-refractivity contribution in [1.29, 1.82) is 10.5 Å². The SMILES string of the molecule is N#CC(C(=O)OCc1cc(N)cc(CN2CCN(c3nc4ccccc4nc3C(C#N)C(=O)OCc3ccc(F)cc3)CC2)c1)c1nc2ccccc2nc1N1CCNCC1. The molecule has 16 heteroatoms. The summed E-state index contributed by atoms with van der Waals surface area (Å²) in [4.78, 5) is 52.4. The highest BCUT2D eigenvalue weighted by atomic mass is 19.1. The van der Waals surface area contributed by atoms with Crippen LogP contribution in [0.5, 0.6) is 0 Å². The number of fused-ring (bicyclic) bond motifs is 2. The van der Waals surface area contributed by atoms with E-state index < -0.39 is 29.6 Å². The Morgan fingerprint density at radius 1 is 0.656 bits per heavy atom. The minimum atomic E-state index is -1.34. The number of para-hydroxylation sites is 4. The highest BCUT2D eigenvalue weighted by Gasteiger charge is 2.33. The van der Waals surface area contributed by atoms with Crippen molar-refractivity contribution in [3.05, 3.63) is 125 Å². The van der Waals surface area contributed by atoms with E-state index in [2.05, 4.69) is 22.4 Å². The number of carbonyl (C=O) groups excluding carboxylic acids is 2. The first-order valence-electron chi connectivity index (χ1n) is 20.0. The van der Waals surface area contributed by atoms with Gasteiger partial charge in [0.25, 0.3) is 0 Å². The molecule has 0 aliphatic carbocycles. The maximum Gasteiger partial charge on any atom is 0.330 e. The standard InChI is InChI=1S/C45H42FN11O4/c46-32-11-9-29(10-12-32)27-60-44(58)35(25-48)41-43(54-39-8-4-2-6-37(39)52-41)57-19-17-55(18-20-57)26-30-21-31(23-33(49)22-30)28-61-45(59)34(24-47)40-42(56-15-13-50-14-16-56)53-38-7-3-1-5-36(38)51-40/h1-12,21-23,34-35,50H,13-20,26-28,49H2. The minimum Gasteiger partial charge on any atom is -0.460 e. The molecular weight excluding hydrogens is 778 g/mol. The summed E-state index contributed by atoms with van der Waals surface area (Å²) in [7, 11) is 0. The summed E-state index contributed by atoms with van der Waals surface area (Å²) >= 11 is 0. The van der Waals surface area contributed by atoms with Crippen molar-refractivity contribution < 1.29 is 23.5 Å². The van der Waals surface area contributed by atoms with Gasteiger partial charge < -0.3 is 30.3 Å². The second-order valence-corrected chi connectivity index (χ2v) is 14.9. The summed E-state index contributed by atoms with van der Waals surface area (Å²) in [5, 5.41) is 23.8. The molecule has 2 aliphatic heterocycles. The molecule has 2 unspecified atom stereocenters. The lowest BCUT2D eigenvalue weighted by Gasteiger charge is -2.36. The minimum absolute atomic E-state index is 0.0946. The molecule has 8 rings (SSSR count). The zero-order valence-corrected chi connectivity index (χ0v) is 33.2. The lowest BCUT2D eigenvalue weighted by atomic mass is 10.1. The fraction of sp³-hybridized carbons (Fsp3) is 0.289. The number of rotatable bonds is 12. The molecular formula is C45H42FN11O4. The van der Waals surface area contributed by atoms with Gasteiger partial charge >= 0.3 is 11.9 Å². The maximum atomic E-state index is 13.6. The van der Waals surface area contributed by atoms with Crippen LogP contribution >= 0.6 is 0 Å². The summed E-state index contributed by atoms with van der Waals surface area (Å²) in [5.41, 5.74) is 11.9. The van der Waals surface area contributed by atoms with Crippen LogP contribution in [0.4, 0.5) is 21.7 Å². The molecule has 2 atom stereocenters. The molecule has 3 N–H and O–H groups in total. The number of ether oxygens (including phenoxy) is 2. The number of nitrogens with one attached hydrogen (secondary N) is 1. The molecule has 0 radical (unpaired) electrons. The molecule has 2 aromatic heterocycles. The van der Waals surface area contributed by atoms with Crippen molar-refractivity contribution in [2.45, 2.75) is 31.6 Å². The molecule has 0 saturated carbocycles. The Kier molecular flexibility index (Phi) is 12.2. The van der Waals surface area contributed by atoms with Gasteiger partial charge in [-0.25, -0.2) is 24.3 Å². The van der Waals surface area contributed by atoms with Gasteiger partial charge in [0.05, 0.1) is 34.2 Å². The molecule has 4 heterocycles. The van der Waals surface area contributed by atoms with Crippen molar-refractivity contribution in [2.75, 3.05) is 67.9 Å². The van der Waals surface area contributed by atoms with Crippen LogP contribution in [0.15, 0.2) is 91.0 Å². The molecule has 2 fully saturated rings. The van der Waals surface area contributed by atoms with Gasteiger partial charge in [0, 0.05) is 64.6 Å². The van der Waals surface area contributed by atoms with Crippen LogP contribution in [-0.2, 0) is 38.8 Å². The van der Waals surface area contributed by atoms with Gasteiger partial charge in [-0.3, -0.25) is 14.5 Å². The lowest BCUT2D eigenvalue weighted by Crippen LogP contribution is -2.46. The number of nitriles is 2. The van der Waals surface area contributed by atoms with E-state index >= 15 is 0 Å². The van der Waals surface area contributed by atoms with E-state index in [9.17, 15) is 24.5 Å². The van der Waals surface area contributed by atoms with Crippen LogP contribution in [0, 0.1) is 28.5 Å². The first-order chi connectivity index (χ1) is 29.8. The molecule has 2 aliphatic rings. The largest absolute Gasteiger partial charge is 0.460 e. The highest BCUT2D eigenvalue weighted by Crippen LogP contribution is 2.31. The fourth-order valence-electron chi connectivity index (χ4n) is 7.59. The van der Waals surface area contributed by atoms with Gasteiger partial charge in [-0.2, -0.15) is 10.5 Å². The van der Waals surface area contributed by atoms with E-state index in [0.29, 0.717) is 96.3 Å². The Hall–Kier alpha value is -7.27. The monoisotopic (exact) mass is 819 g/mol. The third-order valence-electron chi connectivity index (χ3n) is 10.7. The first-order valence-corrected chi connectivity index (χ1v) is 20.0. The van der Waals surface area contributed by atoms with Crippen molar-refractivity contribution >= 4 is 51.3 Å². The summed E-state index contributed by atoms with van der Waals surface area (Å²) in [6.07, 6.45) is 0. The Morgan fingerprint density at radius 3 is 1.66 bits per heavy atom. The summed E-state index contributed by atoms with van der Waals surface area (Å²) in [6, 6.07) is 30.0. The highest BCUT2D eigenvalue weighted by molar-refractivity contribution is 5.86. The average molecular weight is 820 g/mol. The summed E-state index contributed by atoms with van der Waals surface area (Å²) in [6.45, 7) is 5.42. The number of hydrogen-bond donors (Lipinski definition) is 2. The Balaban J connectivity index is 0.933. The Labute approximate surface area is 351 Å². The number of nitrogens with two attached hydrogens (primary N) is 1. The van der Waals surface area contributed by atoms with E-state index in [4.69, 9.17) is 35.1 Å². The number of piperazine rings is 2. The topological polar surface area (TPSA) is 200 Å². The molecule has 4 aromatic carbocycles. The maximum absolute atomic E-state index is 13.6. The van der Waals surface area contributed by atoms with Crippen LogP contribution in [0.25, 0.3) is 22.1 Å². The van der Waals surface area contributed by atoms with Crippen LogP contribution in [-0.4, -0.2) is 89.1 Å². The number of hydrogen-bond acceptors (Lipinski definition) is 15. The number of esters is 2. The second-order valence-electron chi connectivity index (χ2n) is 14.9. The molecule has 2 saturated heterocycles. The van der Waals surface area contributed by atoms with Gasteiger partial charge in [-0.1, -0.05) is 42.5 Å². The molecule has 0 amide bonds. The predicted octanol–water partition coefficient (Wildman–Crippen LogP) is 4.73. The average Bonchev–Trinajstić information content (AvgIpc) is 3.28. The molecule has 15 nitrogen and oxygen atoms in total. The van der Waals surface area contributed by atoms with Crippen LogP contribution < -0.4 is 20.9 Å². The lowest BCUT2D eigenvalue weighted by molar-refractivity contribution is -0.146. The van der Waals surface area contributed by atoms with E-state index in [1.165, 1.54) is 24.3 Å². The van der Waals surface area contributed by atoms with Gasteiger partial charge in [-0.15, -0.1) is 0 Å². The molecule has 308 valence electrons. The number of carbonyl (C=O) groups is 2. The van der Waals surface area contributed by atoms with E-state index in [1.54, 1.807) is 18.2 Å². The summed E-state index contributed by atoms with van der Waals surface area (Å²) in [5.74, 6) is -3.60. The quantitative estimate of drug-likeness (QED) is 0.127. The van der Waals surface area contributed by atoms with Crippen molar-refractivity contribution in [2.24, 2.45) is 0 Å². The van der Waals surface area contributed by atoms with Gasteiger partial charge in [-0.05, 0) is 65.2 Å². The van der Waals surface area contributed by atoms with E-state index in [0.717, 1.165) is 18.7 Å². The van der Waals surface area contributed by atoms with E-state index in [1.807, 2.05) is 58.3 Å². The molecule has 0 spiro atoms. The zero-order valence-electron chi connectivity index (χ0n) is 33.2. The summed E-state index contributed by atoms with van der Waals surface area (Å²) < 4.78 is 24.7. The third-order valence-corrected chi connectivity index (χ3v) is 10.7. The molecule has 6 aromatic rings.